The van der Waals surface area contributed by atoms with Gasteiger partial charge in [-0.3, -0.25) is 14.6 Å². The van der Waals surface area contributed by atoms with Gasteiger partial charge in [0.2, 0.25) is 0 Å². The molecule has 0 aliphatic heterocycles. The molecule has 6 nitrogen and oxygen atoms in total. The first kappa shape index (κ1) is 12.4. The highest BCUT2D eigenvalue weighted by molar-refractivity contribution is 7.71. The minimum atomic E-state index is -0.870. The predicted octanol–water partition coefficient (Wildman–Crippen LogP) is 0.935. The Morgan fingerprint density at radius 2 is 2.00 bits per heavy atom. The SMILES string of the molecule is O=C(O)CCCCc1c(O)[nH]c(=S)[nH]c1=O. The van der Waals surface area contributed by atoms with Crippen LogP contribution in [-0.4, -0.2) is 26.2 Å². The maximum absolute atomic E-state index is 11.4. The van der Waals surface area contributed by atoms with Gasteiger partial charge >= 0.3 is 5.97 Å². The van der Waals surface area contributed by atoms with E-state index in [1.807, 2.05) is 0 Å². The number of carboxylic acid groups (broad SMARTS) is 1. The number of nitrogens with one attached hydrogen (secondary N) is 2. The molecule has 0 amide bonds. The van der Waals surface area contributed by atoms with Crippen LogP contribution in [0.4, 0.5) is 0 Å². The number of hydrogen-bond acceptors (Lipinski definition) is 4. The summed E-state index contributed by atoms with van der Waals surface area (Å²) in [6.45, 7) is 0. The zero-order valence-corrected chi connectivity index (χ0v) is 9.26. The normalized spacial score (nSPS) is 10.2. The Morgan fingerprint density at radius 3 is 2.56 bits per heavy atom. The lowest BCUT2D eigenvalue weighted by Gasteiger charge is -2.02. The van der Waals surface area contributed by atoms with E-state index in [1.54, 1.807) is 0 Å². The number of H-pyrrole nitrogens is 2. The Labute approximate surface area is 96.0 Å². The number of aromatic amines is 2. The molecule has 0 radical (unpaired) electrons. The van der Waals surface area contributed by atoms with E-state index in [0.717, 1.165) is 0 Å². The molecule has 0 bridgehead atoms. The lowest BCUT2D eigenvalue weighted by molar-refractivity contribution is -0.137. The summed E-state index contributed by atoms with van der Waals surface area (Å²) in [5.41, 5.74) is -0.226. The zero-order chi connectivity index (χ0) is 12.1. The summed E-state index contributed by atoms with van der Waals surface area (Å²) in [7, 11) is 0. The van der Waals surface area contributed by atoms with Gasteiger partial charge in [-0.2, -0.15) is 0 Å². The summed E-state index contributed by atoms with van der Waals surface area (Å²) < 4.78 is 0.0665. The lowest BCUT2D eigenvalue weighted by atomic mass is 10.1. The molecule has 1 rings (SSSR count). The Morgan fingerprint density at radius 1 is 1.31 bits per heavy atom. The Hall–Kier alpha value is -1.63. The lowest BCUT2D eigenvalue weighted by Crippen LogP contribution is -2.14. The van der Waals surface area contributed by atoms with Gasteiger partial charge in [-0.1, -0.05) is 0 Å². The summed E-state index contributed by atoms with van der Waals surface area (Å²) in [4.78, 5) is 26.4. The van der Waals surface area contributed by atoms with Crippen LogP contribution >= 0.6 is 12.2 Å². The Bertz CT molecular complexity index is 491. The van der Waals surface area contributed by atoms with Crippen molar-refractivity contribution in [1.29, 1.82) is 0 Å². The average Bonchev–Trinajstić information content (AvgIpc) is 2.14. The summed E-state index contributed by atoms with van der Waals surface area (Å²) in [6.07, 6.45) is 1.36. The van der Waals surface area contributed by atoms with Crippen molar-refractivity contribution < 1.29 is 15.0 Å². The molecule has 0 aliphatic carbocycles. The number of rotatable bonds is 5. The maximum Gasteiger partial charge on any atom is 0.303 e. The van der Waals surface area contributed by atoms with Gasteiger partial charge in [0, 0.05) is 6.42 Å². The molecule has 1 heterocycles. The fourth-order valence-corrected chi connectivity index (χ4v) is 1.50. The van der Waals surface area contributed by atoms with Crippen molar-refractivity contribution in [3.05, 3.63) is 20.7 Å². The van der Waals surface area contributed by atoms with Gasteiger partial charge in [0.05, 0.1) is 5.56 Å². The smallest absolute Gasteiger partial charge is 0.303 e. The molecular weight excluding hydrogens is 232 g/mol. The molecule has 0 unspecified atom stereocenters. The molecule has 0 saturated heterocycles. The molecule has 4 N–H and O–H groups in total. The van der Waals surface area contributed by atoms with Crippen LogP contribution in [0.2, 0.25) is 0 Å². The number of aromatic nitrogens is 2. The highest BCUT2D eigenvalue weighted by Gasteiger charge is 2.07. The van der Waals surface area contributed by atoms with Crippen molar-refractivity contribution in [2.75, 3.05) is 0 Å². The van der Waals surface area contributed by atoms with E-state index in [9.17, 15) is 14.7 Å². The molecule has 0 atom stereocenters. The van der Waals surface area contributed by atoms with Crippen LogP contribution in [-0.2, 0) is 11.2 Å². The second kappa shape index (κ2) is 5.45. The molecule has 1 aromatic rings. The fourth-order valence-electron chi connectivity index (χ4n) is 1.31. The Kier molecular flexibility index (Phi) is 4.24. The molecule has 0 aliphatic rings. The number of hydrogen-bond donors (Lipinski definition) is 4. The molecular formula is C9H12N2O4S. The fraction of sp³-hybridized carbons (Fsp3) is 0.444. The number of unbranched alkanes of at least 4 members (excludes halogenated alkanes) is 1. The maximum atomic E-state index is 11.4. The highest BCUT2D eigenvalue weighted by atomic mass is 32.1. The van der Waals surface area contributed by atoms with Gasteiger partial charge in [-0.15, -0.1) is 0 Å². The van der Waals surface area contributed by atoms with Crippen molar-refractivity contribution >= 4 is 18.2 Å². The van der Waals surface area contributed by atoms with Crippen molar-refractivity contribution in [3.63, 3.8) is 0 Å². The van der Waals surface area contributed by atoms with Crippen LogP contribution in [0, 0.1) is 4.77 Å². The van der Waals surface area contributed by atoms with E-state index in [1.165, 1.54) is 0 Å². The minimum Gasteiger partial charge on any atom is -0.494 e. The monoisotopic (exact) mass is 244 g/mol. The van der Waals surface area contributed by atoms with Crippen molar-refractivity contribution in [1.82, 2.24) is 9.97 Å². The second-order valence-electron chi connectivity index (χ2n) is 3.34. The van der Waals surface area contributed by atoms with E-state index in [4.69, 9.17) is 5.11 Å². The molecule has 0 aromatic carbocycles. The van der Waals surface area contributed by atoms with Gasteiger partial charge in [0.25, 0.3) is 5.56 Å². The number of aromatic hydroxyl groups is 1. The molecule has 16 heavy (non-hydrogen) atoms. The van der Waals surface area contributed by atoms with Crippen LogP contribution in [0.15, 0.2) is 4.79 Å². The summed E-state index contributed by atoms with van der Waals surface area (Å²) >= 11 is 4.67. The largest absolute Gasteiger partial charge is 0.494 e. The molecule has 0 saturated carbocycles. The van der Waals surface area contributed by atoms with Crippen molar-refractivity contribution in [2.24, 2.45) is 0 Å². The van der Waals surface area contributed by atoms with Gasteiger partial charge in [-0.25, -0.2) is 0 Å². The summed E-state index contributed by atoms with van der Waals surface area (Å²) in [6, 6.07) is 0. The summed E-state index contributed by atoms with van der Waals surface area (Å²) in [5, 5.41) is 17.8. The van der Waals surface area contributed by atoms with Crippen LogP contribution in [0.5, 0.6) is 5.88 Å². The van der Waals surface area contributed by atoms with Crippen LogP contribution < -0.4 is 5.56 Å². The van der Waals surface area contributed by atoms with E-state index in [2.05, 4.69) is 22.2 Å². The first-order valence-corrected chi connectivity index (χ1v) is 5.17. The predicted molar refractivity (Wildman–Crippen MR) is 59.1 cm³/mol. The molecule has 1 aromatic heterocycles. The quantitative estimate of drug-likeness (QED) is 0.455. The topological polar surface area (TPSA) is 106 Å². The number of carboxylic acids is 1. The highest BCUT2D eigenvalue weighted by Crippen LogP contribution is 2.11. The van der Waals surface area contributed by atoms with Gasteiger partial charge in [-0.05, 0) is 31.5 Å². The third-order valence-corrected chi connectivity index (χ3v) is 2.29. The molecule has 0 fully saturated rings. The molecule has 7 heteroatoms. The van der Waals surface area contributed by atoms with Gasteiger partial charge in [0.1, 0.15) is 0 Å². The molecule has 0 spiro atoms. The van der Waals surface area contributed by atoms with E-state index >= 15 is 0 Å². The number of carbonyl (C=O) groups is 1. The third kappa shape index (κ3) is 3.50. The third-order valence-electron chi connectivity index (χ3n) is 2.09. The standard InChI is InChI=1S/C9H12N2O4S/c12-6(13)4-2-1-3-5-7(14)10-9(16)11-8(5)15/h1-4H2,(H,12,13)(H3,10,11,14,15,16). The van der Waals surface area contributed by atoms with E-state index in [-0.39, 0.29) is 22.6 Å². The van der Waals surface area contributed by atoms with Gasteiger partial charge < -0.3 is 15.2 Å². The molecule has 88 valence electrons. The van der Waals surface area contributed by atoms with Crippen LogP contribution in [0.25, 0.3) is 0 Å². The van der Waals surface area contributed by atoms with E-state index in [0.29, 0.717) is 19.3 Å². The number of aliphatic carboxylic acids is 1. The first-order valence-electron chi connectivity index (χ1n) is 4.77. The van der Waals surface area contributed by atoms with Crippen LogP contribution in [0.1, 0.15) is 24.8 Å². The van der Waals surface area contributed by atoms with Crippen molar-refractivity contribution in [3.8, 4) is 5.88 Å². The van der Waals surface area contributed by atoms with Crippen molar-refractivity contribution in [2.45, 2.75) is 25.7 Å². The second-order valence-corrected chi connectivity index (χ2v) is 3.74. The summed E-state index contributed by atoms with van der Waals surface area (Å²) in [5.74, 6) is -1.12. The Balaban J connectivity index is 2.64. The zero-order valence-electron chi connectivity index (χ0n) is 8.45. The van der Waals surface area contributed by atoms with Crippen LogP contribution in [0.3, 0.4) is 0 Å². The van der Waals surface area contributed by atoms with Gasteiger partial charge in [0.15, 0.2) is 10.7 Å². The minimum absolute atomic E-state index is 0.0570. The average molecular weight is 244 g/mol. The van der Waals surface area contributed by atoms with E-state index < -0.39 is 11.5 Å². The first-order chi connectivity index (χ1) is 7.50.